The summed E-state index contributed by atoms with van der Waals surface area (Å²) in [5.41, 5.74) is 0.713. The maximum Gasteiger partial charge on any atom is 0.271 e. The molecule has 0 aliphatic carbocycles. The molecule has 8 nitrogen and oxygen atoms in total. The lowest BCUT2D eigenvalue weighted by Crippen LogP contribution is -2.30. The molecule has 0 fully saturated rings. The second-order valence-electron chi connectivity index (χ2n) is 6.14. The minimum Gasteiger partial charge on any atom is -0.350 e. The highest BCUT2D eigenvalue weighted by Crippen LogP contribution is 2.09. The summed E-state index contributed by atoms with van der Waals surface area (Å²) in [5.74, 6) is -0.935. The molecule has 1 amide bonds. The first-order chi connectivity index (χ1) is 13.7. The Morgan fingerprint density at radius 1 is 1.03 bits per heavy atom. The molecule has 0 aliphatic rings. The monoisotopic (exact) mass is 416 g/mol. The van der Waals surface area contributed by atoms with E-state index in [4.69, 9.17) is 5.14 Å². The Morgan fingerprint density at radius 3 is 2.31 bits per heavy atom. The summed E-state index contributed by atoms with van der Waals surface area (Å²) < 4.78 is 36.6. The van der Waals surface area contributed by atoms with E-state index in [1.54, 1.807) is 12.1 Å². The van der Waals surface area contributed by atoms with E-state index in [0.717, 1.165) is 10.2 Å². The van der Waals surface area contributed by atoms with Crippen molar-refractivity contribution in [1.82, 2.24) is 15.1 Å². The van der Waals surface area contributed by atoms with Crippen LogP contribution in [-0.2, 0) is 16.4 Å². The average molecular weight is 416 g/mol. The van der Waals surface area contributed by atoms with Gasteiger partial charge in [-0.05, 0) is 54.4 Å². The summed E-state index contributed by atoms with van der Waals surface area (Å²) in [6.07, 6.45) is 0.453. The zero-order chi connectivity index (χ0) is 21.0. The van der Waals surface area contributed by atoms with Crippen molar-refractivity contribution in [2.24, 2.45) is 5.14 Å². The Kier molecular flexibility index (Phi) is 5.85. The predicted octanol–water partition coefficient (Wildman–Crippen LogP) is 0.991. The highest BCUT2D eigenvalue weighted by Gasteiger charge is 2.11. The number of nitrogens with zero attached hydrogens (tertiary/aromatic N) is 2. The molecule has 3 aromatic rings. The molecule has 3 rings (SSSR count). The van der Waals surface area contributed by atoms with E-state index < -0.39 is 27.3 Å². The SMILES string of the molecule is NS(=O)(=O)c1ccc(CCNC(=O)c2ccc(=O)n(-c3ccc(F)cc3)n2)cc1. The Hall–Kier alpha value is -3.37. The van der Waals surface area contributed by atoms with Crippen molar-refractivity contribution in [3.05, 3.63) is 88.1 Å². The van der Waals surface area contributed by atoms with Crippen LogP contribution in [0.25, 0.3) is 5.69 Å². The van der Waals surface area contributed by atoms with Crippen molar-refractivity contribution >= 4 is 15.9 Å². The summed E-state index contributed by atoms with van der Waals surface area (Å²) in [4.78, 5) is 24.3. The molecule has 0 atom stereocenters. The minimum absolute atomic E-state index is 0.0116. The molecule has 1 aromatic heterocycles. The molecule has 0 bridgehead atoms. The highest BCUT2D eigenvalue weighted by atomic mass is 32.2. The van der Waals surface area contributed by atoms with Gasteiger partial charge in [0.2, 0.25) is 10.0 Å². The number of halogens is 1. The quantitative estimate of drug-likeness (QED) is 0.620. The van der Waals surface area contributed by atoms with Crippen molar-refractivity contribution in [2.75, 3.05) is 6.54 Å². The third kappa shape index (κ3) is 5.12. The van der Waals surface area contributed by atoms with Crippen LogP contribution in [-0.4, -0.2) is 30.7 Å². The summed E-state index contributed by atoms with van der Waals surface area (Å²) in [5, 5.41) is 11.8. The molecular formula is C19H17FN4O4S. The molecule has 10 heteroatoms. The van der Waals surface area contributed by atoms with Gasteiger partial charge >= 0.3 is 0 Å². The van der Waals surface area contributed by atoms with Crippen molar-refractivity contribution in [2.45, 2.75) is 11.3 Å². The number of carbonyl (C=O) groups excluding carboxylic acids is 1. The maximum absolute atomic E-state index is 13.1. The molecular weight excluding hydrogens is 399 g/mol. The largest absolute Gasteiger partial charge is 0.350 e. The van der Waals surface area contributed by atoms with Gasteiger partial charge in [-0.3, -0.25) is 9.59 Å². The number of amides is 1. The van der Waals surface area contributed by atoms with Gasteiger partial charge in [-0.15, -0.1) is 0 Å². The molecule has 0 unspecified atom stereocenters. The van der Waals surface area contributed by atoms with Gasteiger partial charge in [-0.1, -0.05) is 12.1 Å². The summed E-state index contributed by atoms with van der Waals surface area (Å²) in [6.45, 7) is 0.269. The van der Waals surface area contributed by atoms with Gasteiger partial charge in [0.1, 0.15) is 11.5 Å². The van der Waals surface area contributed by atoms with Gasteiger partial charge in [0.15, 0.2) is 0 Å². The third-order valence-electron chi connectivity index (χ3n) is 4.06. The Morgan fingerprint density at radius 2 is 1.69 bits per heavy atom. The molecule has 0 aliphatic heterocycles. The fourth-order valence-electron chi connectivity index (χ4n) is 2.56. The van der Waals surface area contributed by atoms with Crippen molar-refractivity contribution in [1.29, 1.82) is 0 Å². The van der Waals surface area contributed by atoms with Crippen LogP contribution in [0.15, 0.2) is 70.4 Å². The highest BCUT2D eigenvalue weighted by molar-refractivity contribution is 7.89. The topological polar surface area (TPSA) is 124 Å². The molecule has 0 saturated heterocycles. The van der Waals surface area contributed by atoms with E-state index in [1.165, 1.54) is 48.5 Å². The normalized spacial score (nSPS) is 11.2. The second-order valence-corrected chi connectivity index (χ2v) is 7.70. The minimum atomic E-state index is -3.75. The van der Waals surface area contributed by atoms with Crippen LogP contribution in [0, 0.1) is 5.82 Å². The summed E-state index contributed by atoms with van der Waals surface area (Å²) in [6, 6.07) is 13.7. The van der Waals surface area contributed by atoms with Crippen LogP contribution >= 0.6 is 0 Å². The lowest BCUT2D eigenvalue weighted by atomic mass is 10.1. The Bertz CT molecular complexity index is 1190. The van der Waals surface area contributed by atoms with Crippen molar-refractivity contribution < 1.29 is 17.6 Å². The first kappa shape index (κ1) is 20.4. The van der Waals surface area contributed by atoms with Crippen molar-refractivity contribution in [3.63, 3.8) is 0 Å². The first-order valence-electron chi connectivity index (χ1n) is 8.50. The average Bonchev–Trinajstić information content (AvgIpc) is 2.69. The van der Waals surface area contributed by atoms with Crippen molar-refractivity contribution in [3.8, 4) is 5.69 Å². The zero-order valence-electron chi connectivity index (χ0n) is 15.1. The molecule has 29 heavy (non-hydrogen) atoms. The third-order valence-corrected chi connectivity index (χ3v) is 4.98. The number of hydrogen-bond donors (Lipinski definition) is 2. The second kappa shape index (κ2) is 8.33. The number of sulfonamides is 1. The van der Waals surface area contributed by atoms with Gasteiger partial charge in [-0.2, -0.15) is 9.78 Å². The Labute approximate surface area is 165 Å². The number of aromatic nitrogens is 2. The van der Waals surface area contributed by atoms with Gasteiger partial charge in [0, 0.05) is 12.6 Å². The number of carbonyl (C=O) groups is 1. The van der Waals surface area contributed by atoms with Gasteiger partial charge in [-0.25, -0.2) is 17.9 Å². The fraction of sp³-hybridized carbons (Fsp3) is 0.105. The molecule has 3 N–H and O–H groups in total. The number of benzene rings is 2. The molecule has 1 heterocycles. The molecule has 150 valence electrons. The van der Waals surface area contributed by atoms with Crippen LogP contribution in [0.3, 0.4) is 0 Å². The van der Waals surface area contributed by atoms with Crippen LogP contribution in [0.2, 0.25) is 0 Å². The zero-order valence-corrected chi connectivity index (χ0v) is 15.9. The smallest absolute Gasteiger partial charge is 0.271 e. The van der Waals surface area contributed by atoms with Crippen LogP contribution in [0.1, 0.15) is 16.1 Å². The standard InChI is InChI=1S/C19H17FN4O4S/c20-14-3-5-15(6-4-14)24-18(25)10-9-17(23-24)19(26)22-12-11-13-1-7-16(8-2-13)29(21,27)28/h1-10H,11-12H2,(H,22,26)(H2,21,27,28). The molecule has 0 saturated carbocycles. The van der Waals surface area contributed by atoms with E-state index in [-0.39, 0.29) is 17.1 Å². The molecule has 2 aromatic carbocycles. The summed E-state index contributed by atoms with van der Waals surface area (Å²) in [7, 11) is -3.75. The number of primary sulfonamides is 1. The molecule has 0 spiro atoms. The number of nitrogens with one attached hydrogen (secondary N) is 1. The number of rotatable bonds is 6. The molecule has 0 radical (unpaired) electrons. The maximum atomic E-state index is 13.1. The lowest BCUT2D eigenvalue weighted by molar-refractivity contribution is 0.0947. The first-order valence-corrected chi connectivity index (χ1v) is 10.0. The van der Waals surface area contributed by atoms with Crippen LogP contribution in [0.5, 0.6) is 0 Å². The van der Waals surface area contributed by atoms with E-state index in [2.05, 4.69) is 10.4 Å². The van der Waals surface area contributed by atoms with Gasteiger partial charge < -0.3 is 5.32 Å². The number of nitrogens with two attached hydrogens (primary N) is 1. The van der Waals surface area contributed by atoms with E-state index in [1.807, 2.05) is 0 Å². The van der Waals surface area contributed by atoms with E-state index >= 15 is 0 Å². The Balaban J connectivity index is 1.66. The van der Waals surface area contributed by atoms with Gasteiger partial charge in [0.25, 0.3) is 11.5 Å². The lowest BCUT2D eigenvalue weighted by Gasteiger charge is -2.08. The van der Waals surface area contributed by atoms with E-state index in [0.29, 0.717) is 12.1 Å². The summed E-state index contributed by atoms with van der Waals surface area (Å²) >= 11 is 0. The van der Waals surface area contributed by atoms with Gasteiger partial charge in [0.05, 0.1) is 10.6 Å². The van der Waals surface area contributed by atoms with E-state index in [9.17, 15) is 22.4 Å². The van der Waals surface area contributed by atoms with Crippen LogP contribution in [0.4, 0.5) is 4.39 Å². The number of hydrogen-bond acceptors (Lipinski definition) is 5. The van der Waals surface area contributed by atoms with Crippen LogP contribution < -0.4 is 16.0 Å². The fourth-order valence-corrected chi connectivity index (χ4v) is 3.07. The predicted molar refractivity (Wildman–Crippen MR) is 104 cm³/mol.